The van der Waals surface area contributed by atoms with Crippen molar-refractivity contribution in [3.8, 4) is 0 Å². The lowest BCUT2D eigenvalue weighted by molar-refractivity contribution is -0.133. The number of nitrogens with zero attached hydrogens (tertiary/aromatic N) is 1. The molecule has 6 nitrogen and oxygen atoms in total. The molecule has 0 saturated heterocycles. The molecule has 3 heterocycles. The molecule has 0 aromatic carbocycles. The first-order chi connectivity index (χ1) is 10.6. The van der Waals surface area contributed by atoms with Gasteiger partial charge in [-0.1, -0.05) is 6.07 Å². The van der Waals surface area contributed by atoms with E-state index < -0.39 is 17.9 Å². The minimum Gasteiger partial charge on any atom is -0.478 e. The molecule has 0 radical (unpaired) electrons. The van der Waals surface area contributed by atoms with Gasteiger partial charge in [0.1, 0.15) is 11.8 Å². The van der Waals surface area contributed by atoms with Crippen LogP contribution in [0.4, 0.5) is 0 Å². The monoisotopic (exact) mass is 316 g/mol. The topological polar surface area (TPSA) is 82.8 Å². The van der Waals surface area contributed by atoms with Crippen LogP contribution in [0.5, 0.6) is 0 Å². The fraction of sp³-hybridized carbons (Fsp3) is 0.0667. The average molecular weight is 316 g/mol. The molecule has 2 N–H and O–H groups in total. The molecule has 112 valence electrons. The van der Waals surface area contributed by atoms with Crippen LogP contribution in [0.1, 0.15) is 16.7 Å². The molecule has 3 rings (SSSR count). The van der Waals surface area contributed by atoms with Crippen LogP contribution in [0, 0.1) is 0 Å². The molecule has 2 aromatic rings. The zero-order valence-electron chi connectivity index (χ0n) is 11.3. The summed E-state index contributed by atoms with van der Waals surface area (Å²) in [4.78, 5) is 23.8. The van der Waals surface area contributed by atoms with E-state index >= 15 is 0 Å². The van der Waals surface area contributed by atoms with Gasteiger partial charge in [0.2, 0.25) is 0 Å². The van der Waals surface area contributed by atoms with E-state index in [1.807, 2.05) is 23.6 Å². The van der Waals surface area contributed by atoms with Crippen molar-refractivity contribution in [3.63, 3.8) is 0 Å². The number of thiophene rings is 1. The predicted molar refractivity (Wildman–Crippen MR) is 80.5 cm³/mol. The van der Waals surface area contributed by atoms with Crippen LogP contribution in [-0.4, -0.2) is 22.0 Å². The molecule has 0 bridgehead atoms. The van der Waals surface area contributed by atoms with Gasteiger partial charge in [-0.3, -0.25) is 10.2 Å². The highest BCUT2D eigenvalue weighted by Gasteiger charge is 2.31. The molecular weight excluding hydrogens is 304 g/mol. The van der Waals surface area contributed by atoms with E-state index in [1.54, 1.807) is 12.1 Å². The van der Waals surface area contributed by atoms with Crippen molar-refractivity contribution in [2.45, 2.75) is 6.04 Å². The Morgan fingerprint density at radius 3 is 2.82 bits per heavy atom. The molecule has 1 aliphatic rings. The zero-order valence-corrected chi connectivity index (χ0v) is 12.1. The molecule has 0 saturated carbocycles. The number of hydrogen-bond acceptors (Lipinski definition) is 5. The van der Waals surface area contributed by atoms with Crippen molar-refractivity contribution < 1.29 is 19.1 Å². The number of furan rings is 1. The molecule has 22 heavy (non-hydrogen) atoms. The highest BCUT2D eigenvalue weighted by atomic mass is 32.1. The van der Waals surface area contributed by atoms with E-state index in [9.17, 15) is 9.59 Å². The third-order valence-corrected chi connectivity index (χ3v) is 3.97. The van der Waals surface area contributed by atoms with Crippen molar-refractivity contribution >= 4 is 28.9 Å². The lowest BCUT2D eigenvalue weighted by Gasteiger charge is -2.22. The first-order valence-electron chi connectivity index (χ1n) is 6.45. The van der Waals surface area contributed by atoms with Crippen LogP contribution in [0.25, 0.3) is 5.70 Å². The van der Waals surface area contributed by atoms with Gasteiger partial charge >= 0.3 is 5.97 Å². The van der Waals surface area contributed by atoms with E-state index in [0.29, 0.717) is 5.76 Å². The number of carbonyl (C=O) groups is 2. The van der Waals surface area contributed by atoms with Crippen LogP contribution in [0.2, 0.25) is 0 Å². The van der Waals surface area contributed by atoms with Crippen molar-refractivity contribution in [2.75, 3.05) is 0 Å². The van der Waals surface area contributed by atoms with Crippen LogP contribution in [0.15, 0.2) is 58.6 Å². The van der Waals surface area contributed by atoms with Gasteiger partial charge in [0.15, 0.2) is 0 Å². The largest absolute Gasteiger partial charge is 0.478 e. The molecule has 1 aliphatic heterocycles. The summed E-state index contributed by atoms with van der Waals surface area (Å²) in [7, 11) is 0. The second-order valence-corrected chi connectivity index (χ2v) is 5.46. The summed E-state index contributed by atoms with van der Waals surface area (Å²) in [5.74, 6) is -1.05. The third-order valence-electron chi connectivity index (χ3n) is 3.07. The minimum absolute atomic E-state index is 0.432. The molecule has 0 unspecified atom stereocenters. The van der Waals surface area contributed by atoms with Gasteiger partial charge in [0.05, 0.1) is 16.8 Å². The Kier molecular flexibility index (Phi) is 3.80. The number of hydrogen-bond donors (Lipinski definition) is 2. The fourth-order valence-corrected chi connectivity index (χ4v) is 2.82. The summed E-state index contributed by atoms with van der Waals surface area (Å²) >= 11 is 1.54. The van der Waals surface area contributed by atoms with E-state index in [0.717, 1.165) is 22.7 Å². The predicted octanol–water partition coefficient (Wildman–Crippen LogP) is 2.41. The number of nitrogens with one attached hydrogen (secondary N) is 1. The molecular formula is C15H12N2O4S. The summed E-state index contributed by atoms with van der Waals surface area (Å²) in [6.45, 7) is 0. The third kappa shape index (κ3) is 2.79. The number of carboxylic acids is 1. The van der Waals surface area contributed by atoms with E-state index in [-0.39, 0.29) is 0 Å². The summed E-state index contributed by atoms with van der Waals surface area (Å²) in [6, 6.07) is 6.92. The number of amides is 1. The zero-order chi connectivity index (χ0) is 15.5. The van der Waals surface area contributed by atoms with Gasteiger partial charge in [0, 0.05) is 12.2 Å². The Labute approximate surface area is 129 Å². The second kappa shape index (κ2) is 5.90. The van der Waals surface area contributed by atoms with Gasteiger partial charge in [-0.05, 0) is 29.7 Å². The van der Waals surface area contributed by atoms with E-state index in [2.05, 4.69) is 5.43 Å². The highest BCUT2D eigenvalue weighted by molar-refractivity contribution is 7.11. The molecule has 1 amide bonds. The number of carboxylic acid groups (broad SMARTS) is 1. The quantitative estimate of drug-likeness (QED) is 0.846. The maximum Gasteiger partial charge on any atom is 0.328 e. The highest BCUT2D eigenvalue weighted by Crippen LogP contribution is 2.33. The maximum atomic E-state index is 12.2. The lowest BCUT2D eigenvalue weighted by Crippen LogP contribution is -2.38. The normalized spacial score (nSPS) is 17.5. The Morgan fingerprint density at radius 2 is 2.18 bits per heavy atom. The number of rotatable bonds is 4. The van der Waals surface area contributed by atoms with Crippen molar-refractivity contribution in [2.24, 2.45) is 0 Å². The lowest BCUT2D eigenvalue weighted by atomic mass is 10.2. The summed E-state index contributed by atoms with van der Waals surface area (Å²) in [5.41, 5.74) is 3.79. The van der Waals surface area contributed by atoms with Crippen molar-refractivity contribution in [1.82, 2.24) is 10.4 Å². The number of aliphatic carboxylic acids is 1. The summed E-state index contributed by atoms with van der Waals surface area (Å²) in [5, 5.41) is 11.9. The van der Waals surface area contributed by atoms with Gasteiger partial charge < -0.3 is 9.52 Å². The van der Waals surface area contributed by atoms with Crippen molar-refractivity contribution in [3.05, 3.63) is 64.8 Å². The van der Waals surface area contributed by atoms with Crippen molar-refractivity contribution in [1.29, 1.82) is 0 Å². The fourth-order valence-electron chi connectivity index (χ4n) is 2.12. The minimum atomic E-state index is -1.17. The first kappa shape index (κ1) is 14.2. The van der Waals surface area contributed by atoms with Gasteiger partial charge in [0.25, 0.3) is 5.91 Å². The van der Waals surface area contributed by atoms with Gasteiger partial charge in [-0.25, -0.2) is 9.80 Å². The molecule has 0 fully saturated rings. The summed E-state index contributed by atoms with van der Waals surface area (Å²) < 4.78 is 5.37. The van der Waals surface area contributed by atoms with E-state index in [1.165, 1.54) is 22.6 Å². The van der Waals surface area contributed by atoms with Crippen LogP contribution >= 0.6 is 11.3 Å². The number of hydrazine groups is 1. The van der Waals surface area contributed by atoms with Gasteiger partial charge in [-0.2, -0.15) is 0 Å². The SMILES string of the molecule is O=C(O)C=CC(=O)N1NC(c2cccs2)=C[C@H]1c1ccco1. The molecule has 0 spiro atoms. The smallest absolute Gasteiger partial charge is 0.328 e. The summed E-state index contributed by atoms with van der Waals surface area (Å²) in [6.07, 6.45) is 5.22. The Hall–Kier alpha value is -2.80. The number of carbonyl (C=O) groups excluding carboxylic acids is 1. The van der Waals surface area contributed by atoms with E-state index in [4.69, 9.17) is 9.52 Å². The molecule has 0 aliphatic carbocycles. The van der Waals surface area contributed by atoms with Crippen LogP contribution < -0.4 is 5.43 Å². The Balaban J connectivity index is 1.89. The Bertz CT molecular complexity index is 732. The van der Waals surface area contributed by atoms with Crippen LogP contribution in [0.3, 0.4) is 0 Å². The second-order valence-electron chi connectivity index (χ2n) is 4.51. The van der Waals surface area contributed by atoms with Gasteiger partial charge in [-0.15, -0.1) is 11.3 Å². The molecule has 1 atom stereocenters. The molecule has 2 aromatic heterocycles. The molecule has 7 heteroatoms. The van der Waals surface area contributed by atoms with Crippen LogP contribution in [-0.2, 0) is 9.59 Å². The first-order valence-corrected chi connectivity index (χ1v) is 7.33. The Morgan fingerprint density at radius 1 is 1.32 bits per heavy atom. The standard InChI is InChI=1S/C15H12N2O4S/c18-14(5-6-15(19)20)17-11(12-3-1-7-21-12)9-10(16-17)13-4-2-8-22-13/h1-9,11,16H,(H,19,20)/t11-/m0/s1. The maximum absolute atomic E-state index is 12.2. The average Bonchev–Trinajstić information content (AvgIpc) is 3.23.